The molecule has 0 fully saturated rings. The number of hydrogen-bond donors (Lipinski definition) is 3. The second-order valence-electron chi connectivity index (χ2n) is 11.3. The molecular formula is C38H35F2N3O5. The van der Waals surface area contributed by atoms with Gasteiger partial charge in [-0.2, -0.15) is 0 Å². The van der Waals surface area contributed by atoms with E-state index in [1.165, 1.54) is 7.11 Å². The van der Waals surface area contributed by atoms with Crippen molar-refractivity contribution in [2.75, 3.05) is 20.3 Å². The first-order valence-corrected chi connectivity index (χ1v) is 15.4. The highest BCUT2D eigenvalue weighted by Gasteiger charge is 2.32. The summed E-state index contributed by atoms with van der Waals surface area (Å²) >= 11 is 0. The van der Waals surface area contributed by atoms with E-state index in [0.717, 1.165) is 33.4 Å². The number of fused-ring (bicyclic) bond motifs is 3. The highest BCUT2D eigenvalue weighted by atomic mass is 19.3. The summed E-state index contributed by atoms with van der Waals surface area (Å²) in [6.07, 6.45) is -3.13. The van der Waals surface area contributed by atoms with Crippen LogP contribution in [0, 0.1) is 11.8 Å². The van der Waals surface area contributed by atoms with Gasteiger partial charge in [0.2, 0.25) is 0 Å². The molecule has 5 rings (SSSR count). The molecule has 1 aliphatic rings. The minimum atomic E-state index is -2.40. The molecule has 2 atom stereocenters. The van der Waals surface area contributed by atoms with E-state index in [9.17, 15) is 23.2 Å². The minimum absolute atomic E-state index is 0.101. The third-order valence-corrected chi connectivity index (χ3v) is 8.01. The maximum absolute atomic E-state index is 13.1. The van der Waals surface area contributed by atoms with Crippen LogP contribution in [0.15, 0.2) is 97.1 Å². The van der Waals surface area contributed by atoms with E-state index in [2.05, 4.69) is 27.8 Å². The number of rotatable bonds is 11. The summed E-state index contributed by atoms with van der Waals surface area (Å²) in [5.41, 5.74) is 6.91. The topological polar surface area (TPSA) is 106 Å². The van der Waals surface area contributed by atoms with Crippen molar-refractivity contribution in [3.63, 3.8) is 0 Å². The first-order chi connectivity index (χ1) is 23.2. The second kappa shape index (κ2) is 15.8. The molecule has 246 valence electrons. The van der Waals surface area contributed by atoms with E-state index in [-0.39, 0.29) is 24.6 Å². The zero-order chi connectivity index (χ0) is 34.0. The Morgan fingerprint density at radius 3 is 1.92 bits per heavy atom. The number of halogens is 2. The van der Waals surface area contributed by atoms with Crippen LogP contribution in [-0.4, -0.2) is 56.7 Å². The van der Waals surface area contributed by atoms with Gasteiger partial charge in [0.25, 0.3) is 12.3 Å². The molecule has 8 nitrogen and oxygen atoms in total. The molecular weight excluding hydrogens is 616 g/mol. The number of alkyl carbamates (subject to hydrolysis) is 1. The number of methoxy groups -OCH3 is 1. The molecule has 10 heteroatoms. The summed E-state index contributed by atoms with van der Waals surface area (Å²) in [7, 11) is 1.20. The van der Waals surface area contributed by atoms with Crippen molar-refractivity contribution in [2.24, 2.45) is 0 Å². The first-order valence-electron chi connectivity index (χ1n) is 15.4. The van der Waals surface area contributed by atoms with Crippen LogP contribution in [-0.2, 0) is 20.8 Å². The van der Waals surface area contributed by atoms with Gasteiger partial charge in [-0.25, -0.2) is 18.4 Å². The molecule has 1 aliphatic carbocycles. The fourth-order valence-electron chi connectivity index (χ4n) is 5.53. The van der Waals surface area contributed by atoms with E-state index in [1.54, 1.807) is 43.3 Å². The molecule has 0 radical (unpaired) electrons. The number of ether oxygens (including phenoxy) is 2. The number of carbonyl (C=O) groups excluding carboxylic acids is 3. The smallest absolute Gasteiger partial charge is 0.407 e. The molecule has 2 amide bonds. The van der Waals surface area contributed by atoms with Gasteiger partial charge >= 0.3 is 12.1 Å². The number of hydrogen-bond acceptors (Lipinski definition) is 6. The van der Waals surface area contributed by atoms with Gasteiger partial charge < -0.3 is 25.4 Å². The Hall–Kier alpha value is -5.53. The van der Waals surface area contributed by atoms with Crippen LogP contribution in [0.25, 0.3) is 11.1 Å². The monoisotopic (exact) mass is 651 g/mol. The molecule has 0 aliphatic heterocycles. The molecule has 0 spiro atoms. The second-order valence-corrected chi connectivity index (χ2v) is 11.3. The predicted molar refractivity (Wildman–Crippen MR) is 178 cm³/mol. The Kier molecular flexibility index (Phi) is 11.2. The summed E-state index contributed by atoms with van der Waals surface area (Å²) in [6, 6.07) is 27.7. The molecule has 48 heavy (non-hydrogen) atoms. The average molecular weight is 652 g/mol. The van der Waals surface area contributed by atoms with E-state index in [0.29, 0.717) is 12.1 Å². The normalized spacial score (nSPS) is 12.9. The van der Waals surface area contributed by atoms with Crippen molar-refractivity contribution in [1.82, 2.24) is 16.0 Å². The summed E-state index contributed by atoms with van der Waals surface area (Å²) in [6.45, 7) is 1.65. The van der Waals surface area contributed by atoms with Crippen molar-refractivity contribution in [1.29, 1.82) is 0 Å². The first kappa shape index (κ1) is 33.8. The number of alkyl halides is 2. The highest BCUT2D eigenvalue weighted by Crippen LogP contribution is 2.44. The SMILES string of the molecule is COC(=O)[C@@H](NC(=O)c1ccc(C#Cc2ccc(CNCC(F)F)cc2)cc1)[C@@H](C)NC(=O)OCC1c2ccccc2-c2ccccc21. The predicted octanol–water partition coefficient (Wildman–Crippen LogP) is 5.64. The van der Waals surface area contributed by atoms with E-state index in [4.69, 9.17) is 9.47 Å². The Morgan fingerprint density at radius 2 is 1.35 bits per heavy atom. The minimum Gasteiger partial charge on any atom is -0.467 e. The lowest BCUT2D eigenvalue weighted by atomic mass is 9.98. The van der Waals surface area contributed by atoms with Crippen molar-refractivity contribution in [3.05, 3.63) is 130 Å². The Balaban J connectivity index is 1.15. The van der Waals surface area contributed by atoms with Crippen LogP contribution in [0.4, 0.5) is 13.6 Å². The molecule has 0 saturated heterocycles. The lowest BCUT2D eigenvalue weighted by Crippen LogP contribution is -2.54. The van der Waals surface area contributed by atoms with Crippen molar-refractivity contribution in [2.45, 2.75) is 37.9 Å². The highest BCUT2D eigenvalue weighted by molar-refractivity contribution is 5.97. The number of esters is 1. The molecule has 0 unspecified atom stereocenters. The Labute approximate surface area is 277 Å². The van der Waals surface area contributed by atoms with Gasteiger partial charge in [-0.3, -0.25) is 4.79 Å². The lowest BCUT2D eigenvalue weighted by molar-refractivity contribution is -0.143. The van der Waals surface area contributed by atoms with Crippen molar-refractivity contribution < 1.29 is 32.6 Å². The van der Waals surface area contributed by atoms with Gasteiger partial charge in [0.15, 0.2) is 0 Å². The Morgan fingerprint density at radius 1 is 0.792 bits per heavy atom. The van der Waals surface area contributed by atoms with Crippen LogP contribution >= 0.6 is 0 Å². The molecule has 4 aromatic carbocycles. The van der Waals surface area contributed by atoms with Gasteiger partial charge in [-0.1, -0.05) is 72.5 Å². The molecule has 4 aromatic rings. The fourth-order valence-corrected chi connectivity index (χ4v) is 5.53. The van der Waals surface area contributed by atoms with Gasteiger partial charge in [-0.15, -0.1) is 0 Å². The fraction of sp³-hybridized carbons (Fsp3) is 0.237. The third kappa shape index (κ3) is 8.43. The maximum atomic E-state index is 13.1. The summed E-state index contributed by atoms with van der Waals surface area (Å²) in [4.78, 5) is 38.6. The summed E-state index contributed by atoms with van der Waals surface area (Å²) < 4.78 is 35.1. The van der Waals surface area contributed by atoms with Crippen LogP contribution in [0.3, 0.4) is 0 Å². The molecule has 0 saturated carbocycles. The van der Waals surface area contributed by atoms with Crippen molar-refractivity contribution in [3.8, 4) is 23.0 Å². The van der Waals surface area contributed by atoms with E-state index >= 15 is 0 Å². The van der Waals surface area contributed by atoms with E-state index < -0.39 is 36.5 Å². The maximum Gasteiger partial charge on any atom is 0.407 e. The largest absolute Gasteiger partial charge is 0.467 e. The molecule has 0 bridgehead atoms. The number of benzene rings is 4. The third-order valence-electron chi connectivity index (χ3n) is 8.01. The van der Waals surface area contributed by atoms with Gasteiger partial charge in [0, 0.05) is 29.2 Å². The van der Waals surface area contributed by atoms with E-state index in [1.807, 2.05) is 60.7 Å². The number of nitrogens with one attached hydrogen (secondary N) is 3. The summed E-state index contributed by atoms with van der Waals surface area (Å²) in [5, 5.41) is 7.98. The molecule has 0 heterocycles. The molecule has 3 N–H and O–H groups in total. The van der Waals surface area contributed by atoms with Gasteiger partial charge in [0.05, 0.1) is 19.7 Å². The van der Waals surface area contributed by atoms with Crippen LogP contribution in [0.1, 0.15) is 51.0 Å². The van der Waals surface area contributed by atoms with Gasteiger partial charge in [-0.05, 0) is 71.1 Å². The quantitative estimate of drug-likeness (QED) is 0.143. The van der Waals surface area contributed by atoms with Crippen molar-refractivity contribution >= 4 is 18.0 Å². The lowest BCUT2D eigenvalue weighted by Gasteiger charge is -2.24. The zero-order valence-electron chi connectivity index (χ0n) is 26.5. The Bertz CT molecular complexity index is 1770. The molecule has 0 aromatic heterocycles. The van der Waals surface area contributed by atoms with Crippen LogP contribution < -0.4 is 16.0 Å². The van der Waals surface area contributed by atoms with Crippen LogP contribution in [0.2, 0.25) is 0 Å². The van der Waals surface area contributed by atoms with Gasteiger partial charge in [0.1, 0.15) is 12.6 Å². The van der Waals surface area contributed by atoms with Crippen LogP contribution in [0.5, 0.6) is 0 Å². The summed E-state index contributed by atoms with van der Waals surface area (Å²) in [5.74, 6) is 4.66. The average Bonchev–Trinajstić information content (AvgIpc) is 3.42. The standard InChI is InChI=1S/C38H35F2N3O5/c1-24(42-38(46)48-23-33-31-9-5-3-7-29(31)30-8-4-6-10-32(30)33)35(37(45)47-2)43-36(44)28-19-17-26(18-20-28)12-11-25-13-15-27(16-14-25)21-41-22-34(39)40/h3-10,13-20,24,33-35,41H,21-23H2,1-2H3,(H,42,46)(H,43,44)/t24-,35+/m1/s1. The number of carbonyl (C=O) groups is 3. The zero-order valence-corrected chi connectivity index (χ0v) is 26.5. The number of amides is 2.